The van der Waals surface area contributed by atoms with Crippen LogP contribution in [0.1, 0.15) is 12.5 Å². The molecule has 0 fully saturated rings. The van der Waals surface area contributed by atoms with Gasteiger partial charge >= 0.3 is 0 Å². The van der Waals surface area contributed by atoms with Crippen molar-refractivity contribution in [3.63, 3.8) is 0 Å². The second kappa shape index (κ2) is 6.01. The summed E-state index contributed by atoms with van der Waals surface area (Å²) in [6, 6.07) is 4.93. The third-order valence-electron chi connectivity index (χ3n) is 2.75. The topological polar surface area (TPSA) is 79.3 Å². The molecule has 0 saturated heterocycles. The summed E-state index contributed by atoms with van der Waals surface area (Å²) in [6.07, 6.45) is 3.17. The lowest BCUT2D eigenvalue weighted by atomic mass is 9.99. The summed E-state index contributed by atoms with van der Waals surface area (Å²) in [7, 11) is -3.64. The highest BCUT2D eigenvalue weighted by molar-refractivity contribution is 7.89. The van der Waals surface area contributed by atoms with Crippen molar-refractivity contribution in [2.45, 2.75) is 23.8 Å². The van der Waals surface area contributed by atoms with Gasteiger partial charge in [0.25, 0.3) is 0 Å². The molecule has 108 valence electrons. The van der Waals surface area contributed by atoms with Gasteiger partial charge < -0.3 is 5.11 Å². The maximum absolute atomic E-state index is 12.0. The van der Waals surface area contributed by atoms with E-state index in [0.717, 1.165) is 5.56 Å². The van der Waals surface area contributed by atoms with Crippen LogP contribution in [-0.4, -0.2) is 30.7 Å². The minimum Gasteiger partial charge on any atom is -0.388 e. The molecule has 0 aliphatic heterocycles. The number of aromatic nitrogens is 1. The van der Waals surface area contributed by atoms with Gasteiger partial charge in [-0.25, -0.2) is 13.1 Å². The number of hydrogen-bond acceptors (Lipinski definition) is 5. The number of nitrogens with one attached hydrogen (secondary N) is 1. The zero-order valence-corrected chi connectivity index (χ0v) is 12.6. The predicted octanol–water partition coefficient (Wildman–Crippen LogP) is 1.42. The molecular weight excluding hydrogens is 296 g/mol. The Kier molecular flexibility index (Phi) is 4.54. The number of thiophene rings is 1. The van der Waals surface area contributed by atoms with Crippen LogP contribution < -0.4 is 4.72 Å². The fraction of sp³-hybridized carbons (Fsp3) is 0.308. The Balaban J connectivity index is 2.00. The third-order valence-corrected chi connectivity index (χ3v) is 4.87. The lowest BCUT2D eigenvalue weighted by Gasteiger charge is -2.23. The average Bonchev–Trinajstić information content (AvgIpc) is 2.90. The first kappa shape index (κ1) is 15.1. The number of sulfonamides is 1. The third kappa shape index (κ3) is 4.11. The van der Waals surface area contributed by atoms with E-state index in [1.165, 1.54) is 18.5 Å². The molecule has 0 aliphatic rings. The van der Waals surface area contributed by atoms with Gasteiger partial charge in [-0.05, 0) is 41.4 Å². The van der Waals surface area contributed by atoms with Crippen LogP contribution in [0.4, 0.5) is 0 Å². The second-order valence-corrected chi connectivity index (χ2v) is 7.37. The van der Waals surface area contributed by atoms with Gasteiger partial charge in [-0.1, -0.05) is 0 Å². The minimum atomic E-state index is -3.64. The molecule has 0 bridgehead atoms. The molecule has 0 amide bonds. The second-order valence-electron chi connectivity index (χ2n) is 4.82. The molecule has 0 saturated carbocycles. The number of nitrogens with zero attached hydrogens (tertiary/aromatic N) is 1. The predicted molar refractivity (Wildman–Crippen MR) is 78.1 cm³/mol. The van der Waals surface area contributed by atoms with E-state index in [-0.39, 0.29) is 11.4 Å². The van der Waals surface area contributed by atoms with Crippen molar-refractivity contribution in [1.29, 1.82) is 0 Å². The van der Waals surface area contributed by atoms with Gasteiger partial charge in [0.15, 0.2) is 0 Å². The molecule has 0 aromatic carbocycles. The molecule has 2 N–H and O–H groups in total. The first-order chi connectivity index (χ1) is 9.39. The zero-order valence-electron chi connectivity index (χ0n) is 11.0. The molecule has 0 radical (unpaired) electrons. The first-order valence-corrected chi connectivity index (χ1v) is 8.45. The highest BCUT2D eigenvalue weighted by atomic mass is 32.2. The summed E-state index contributed by atoms with van der Waals surface area (Å²) in [6.45, 7) is 1.55. The van der Waals surface area contributed by atoms with Gasteiger partial charge in [0.1, 0.15) is 4.90 Å². The Morgan fingerprint density at radius 1 is 1.45 bits per heavy atom. The first-order valence-electron chi connectivity index (χ1n) is 6.02. The van der Waals surface area contributed by atoms with E-state index < -0.39 is 15.6 Å². The summed E-state index contributed by atoms with van der Waals surface area (Å²) >= 11 is 1.54. The highest BCUT2D eigenvalue weighted by Crippen LogP contribution is 2.16. The molecular formula is C13H16N2O3S2. The van der Waals surface area contributed by atoms with Crippen LogP contribution in [0.15, 0.2) is 46.2 Å². The van der Waals surface area contributed by atoms with Crippen LogP contribution >= 0.6 is 11.3 Å². The SMILES string of the molecule is CC(O)(CNS(=O)(=O)c1cccnc1)Cc1ccsc1. The average molecular weight is 312 g/mol. The van der Waals surface area contributed by atoms with Crippen LogP contribution in [-0.2, 0) is 16.4 Å². The highest BCUT2D eigenvalue weighted by Gasteiger charge is 2.24. The maximum Gasteiger partial charge on any atom is 0.242 e. The number of aliphatic hydroxyl groups is 1. The van der Waals surface area contributed by atoms with E-state index >= 15 is 0 Å². The van der Waals surface area contributed by atoms with Crippen LogP contribution in [0.3, 0.4) is 0 Å². The molecule has 0 spiro atoms. The number of hydrogen-bond donors (Lipinski definition) is 2. The van der Waals surface area contributed by atoms with Crippen molar-refractivity contribution < 1.29 is 13.5 Å². The van der Waals surface area contributed by atoms with Crippen molar-refractivity contribution in [1.82, 2.24) is 9.71 Å². The van der Waals surface area contributed by atoms with Crippen molar-refractivity contribution >= 4 is 21.4 Å². The van der Waals surface area contributed by atoms with Gasteiger partial charge in [0.05, 0.1) is 5.60 Å². The molecule has 2 rings (SSSR count). The smallest absolute Gasteiger partial charge is 0.242 e. The van der Waals surface area contributed by atoms with E-state index in [9.17, 15) is 13.5 Å². The van der Waals surface area contributed by atoms with Crippen LogP contribution in [0.25, 0.3) is 0 Å². The Hall–Kier alpha value is -1.28. The Bertz CT molecular complexity index is 638. The molecule has 2 aromatic heterocycles. The molecule has 1 atom stereocenters. The normalized spacial score (nSPS) is 14.9. The largest absolute Gasteiger partial charge is 0.388 e. The number of rotatable bonds is 6. The van der Waals surface area contributed by atoms with E-state index in [1.54, 1.807) is 24.3 Å². The molecule has 7 heteroatoms. The molecule has 1 unspecified atom stereocenters. The fourth-order valence-electron chi connectivity index (χ4n) is 1.74. The summed E-state index contributed by atoms with van der Waals surface area (Å²) in [5, 5.41) is 14.1. The summed E-state index contributed by atoms with van der Waals surface area (Å²) in [5.74, 6) is 0. The number of pyridine rings is 1. The van der Waals surface area contributed by atoms with Gasteiger partial charge in [-0.3, -0.25) is 4.98 Å². The van der Waals surface area contributed by atoms with Crippen molar-refractivity contribution in [3.8, 4) is 0 Å². The lowest BCUT2D eigenvalue weighted by molar-refractivity contribution is 0.0658. The van der Waals surface area contributed by atoms with E-state index in [0.29, 0.717) is 6.42 Å². The van der Waals surface area contributed by atoms with Crippen molar-refractivity contribution in [3.05, 3.63) is 46.9 Å². The minimum absolute atomic E-state index is 0.0555. The molecule has 5 nitrogen and oxygen atoms in total. The van der Waals surface area contributed by atoms with Crippen molar-refractivity contribution in [2.24, 2.45) is 0 Å². The fourth-order valence-corrected chi connectivity index (χ4v) is 3.53. The molecule has 2 aromatic rings. The molecule has 0 aliphatic carbocycles. The monoisotopic (exact) mass is 312 g/mol. The van der Waals surface area contributed by atoms with E-state index in [4.69, 9.17) is 0 Å². The van der Waals surface area contributed by atoms with Gasteiger partial charge in [0.2, 0.25) is 10.0 Å². The van der Waals surface area contributed by atoms with E-state index in [1.807, 2.05) is 16.8 Å². The molecule has 20 heavy (non-hydrogen) atoms. The van der Waals surface area contributed by atoms with Crippen LogP contribution in [0, 0.1) is 0 Å². The Labute approximate surface area is 122 Å². The lowest BCUT2D eigenvalue weighted by Crippen LogP contribution is -2.42. The molecule has 2 heterocycles. The van der Waals surface area contributed by atoms with Gasteiger partial charge in [-0.15, -0.1) is 0 Å². The standard InChI is InChI=1S/C13H16N2O3S2/c1-13(16,7-11-4-6-19-9-11)10-15-20(17,18)12-3-2-5-14-8-12/h2-6,8-9,15-16H,7,10H2,1H3. The summed E-state index contributed by atoms with van der Waals surface area (Å²) < 4.78 is 26.5. The van der Waals surface area contributed by atoms with Gasteiger partial charge in [0, 0.05) is 25.4 Å². The van der Waals surface area contributed by atoms with Gasteiger partial charge in [-0.2, -0.15) is 11.3 Å². The maximum atomic E-state index is 12.0. The van der Waals surface area contributed by atoms with Crippen LogP contribution in [0.2, 0.25) is 0 Å². The Morgan fingerprint density at radius 3 is 2.85 bits per heavy atom. The summed E-state index contributed by atoms with van der Waals surface area (Å²) in [4.78, 5) is 3.87. The van der Waals surface area contributed by atoms with E-state index in [2.05, 4.69) is 9.71 Å². The zero-order chi connectivity index (χ0) is 14.6. The Morgan fingerprint density at radius 2 is 2.25 bits per heavy atom. The summed E-state index contributed by atoms with van der Waals surface area (Å²) in [5.41, 5.74) is -0.156. The van der Waals surface area contributed by atoms with Crippen LogP contribution in [0.5, 0.6) is 0 Å². The quantitative estimate of drug-likeness (QED) is 0.845. The van der Waals surface area contributed by atoms with Crippen molar-refractivity contribution in [2.75, 3.05) is 6.54 Å².